The number of nitrogens with zero attached hydrogens (tertiary/aromatic N) is 4. The highest BCUT2D eigenvalue weighted by atomic mass is 32.2. The minimum Gasteiger partial charge on any atom is -0.478 e. The highest BCUT2D eigenvalue weighted by molar-refractivity contribution is 7.92. The van der Waals surface area contributed by atoms with Crippen molar-refractivity contribution in [3.05, 3.63) is 60.8 Å². The van der Waals surface area contributed by atoms with Crippen LogP contribution in [0, 0.1) is 0 Å². The van der Waals surface area contributed by atoms with Gasteiger partial charge in [0.1, 0.15) is 12.7 Å². The Morgan fingerprint density at radius 1 is 1.12 bits per heavy atom. The van der Waals surface area contributed by atoms with E-state index in [0.29, 0.717) is 5.82 Å². The highest BCUT2D eigenvalue weighted by Crippen LogP contribution is 2.17. The van der Waals surface area contributed by atoms with Crippen molar-refractivity contribution >= 4 is 21.7 Å². The summed E-state index contributed by atoms with van der Waals surface area (Å²) in [4.78, 5) is 18.6. The first-order valence-corrected chi connectivity index (χ1v) is 8.11. The Morgan fingerprint density at radius 2 is 1.88 bits per heavy atom. The van der Waals surface area contributed by atoms with Gasteiger partial charge in [0.25, 0.3) is 10.0 Å². The van der Waals surface area contributed by atoms with Crippen LogP contribution in [0.1, 0.15) is 10.4 Å². The van der Waals surface area contributed by atoms with E-state index in [-0.39, 0.29) is 16.1 Å². The van der Waals surface area contributed by atoms with Gasteiger partial charge < -0.3 is 5.11 Å². The van der Waals surface area contributed by atoms with Crippen molar-refractivity contribution in [2.45, 2.75) is 4.90 Å². The molecule has 0 aliphatic rings. The molecular weight excluding hydrogens is 334 g/mol. The van der Waals surface area contributed by atoms with Gasteiger partial charge in [-0.05, 0) is 36.4 Å². The molecule has 0 aliphatic carbocycles. The first kappa shape index (κ1) is 15.6. The van der Waals surface area contributed by atoms with Gasteiger partial charge in [0, 0.05) is 0 Å². The van der Waals surface area contributed by atoms with Gasteiger partial charge >= 0.3 is 5.97 Å². The standard InChI is InChI=1S/C14H11N5O4S/c20-14(21)10-1-4-12(5-2-10)24(22,23)18-11-3-6-13(16-7-11)19-9-15-8-17-19/h1-9,18H,(H,20,21). The molecule has 0 saturated heterocycles. The fraction of sp³-hybridized carbons (Fsp3) is 0. The van der Waals surface area contributed by atoms with E-state index in [4.69, 9.17) is 5.11 Å². The number of rotatable bonds is 5. The van der Waals surface area contributed by atoms with Gasteiger partial charge in [-0.1, -0.05) is 0 Å². The smallest absolute Gasteiger partial charge is 0.335 e. The van der Waals surface area contributed by atoms with Crippen LogP contribution in [0.25, 0.3) is 5.82 Å². The lowest BCUT2D eigenvalue weighted by Gasteiger charge is -2.08. The molecule has 1 aromatic carbocycles. The number of aromatic carboxylic acids is 1. The van der Waals surface area contributed by atoms with Crippen molar-refractivity contribution in [2.24, 2.45) is 0 Å². The fourth-order valence-corrected chi connectivity index (χ4v) is 2.94. The Bertz CT molecular complexity index is 951. The normalized spacial score (nSPS) is 11.2. The lowest BCUT2D eigenvalue weighted by atomic mass is 10.2. The van der Waals surface area contributed by atoms with Crippen molar-refractivity contribution in [3.8, 4) is 5.82 Å². The average molecular weight is 345 g/mol. The van der Waals surface area contributed by atoms with E-state index >= 15 is 0 Å². The zero-order chi connectivity index (χ0) is 17.2. The van der Waals surface area contributed by atoms with E-state index in [1.54, 1.807) is 6.07 Å². The van der Waals surface area contributed by atoms with Crippen LogP contribution in [0.4, 0.5) is 5.69 Å². The molecule has 0 atom stereocenters. The molecule has 2 heterocycles. The monoisotopic (exact) mass is 345 g/mol. The Kier molecular flexibility index (Phi) is 3.96. The summed E-state index contributed by atoms with van der Waals surface area (Å²) in [5.41, 5.74) is 0.272. The Morgan fingerprint density at radius 3 is 2.42 bits per heavy atom. The predicted octanol–water partition coefficient (Wildman–Crippen LogP) is 1.16. The van der Waals surface area contributed by atoms with Crippen molar-refractivity contribution in [3.63, 3.8) is 0 Å². The largest absolute Gasteiger partial charge is 0.478 e. The van der Waals surface area contributed by atoms with E-state index in [0.717, 1.165) is 0 Å². The van der Waals surface area contributed by atoms with Crippen LogP contribution >= 0.6 is 0 Å². The number of aromatic nitrogens is 4. The van der Waals surface area contributed by atoms with Gasteiger partial charge in [-0.3, -0.25) is 4.72 Å². The number of carboxylic acid groups (broad SMARTS) is 1. The van der Waals surface area contributed by atoms with Crippen LogP contribution in [0.15, 0.2) is 60.1 Å². The van der Waals surface area contributed by atoms with Gasteiger partial charge in [0.15, 0.2) is 5.82 Å². The minimum atomic E-state index is -3.84. The second kappa shape index (κ2) is 6.08. The fourth-order valence-electron chi connectivity index (χ4n) is 1.90. The van der Waals surface area contributed by atoms with Crippen LogP contribution in [0.2, 0.25) is 0 Å². The third-order valence-electron chi connectivity index (χ3n) is 3.07. The molecule has 2 aromatic heterocycles. The molecule has 2 N–H and O–H groups in total. The van der Waals surface area contributed by atoms with E-state index in [9.17, 15) is 13.2 Å². The van der Waals surface area contributed by atoms with Gasteiger partial charge in [-0.15, -0.1) is 0 Å². The number of sulfonamides is 1. The first-order chi connectivity index (χ1) is 11.5. The molecule has 0 aliphatic heterocycles. The first-order valence-electron chi connectivity index (χ1n) is 6.63. The van der Waals surface area contributed by atoms with Crippen molar-refractivity contribution in [1.82, 2.24) is 19.7 Å². The van der Waals surface area contributed by atoms with Gasteiger partial charge in [-0.25, -0.2) is 27.9 Å². The second-order valence-corrected chi connectivity index (χ2v) is 6.36. The van der Waals surface area contributed by atoms with Crippen molar-refractivity contribution in [1.29, 1.82) is 0 Å². The average Bonchev–Trinajstić information content (AvgIpc) is 3.10. The number of hydrogen-bond donors (Lipinski definition) is 2. The summed E-state index contributed by atoms with van der Waals surface area (Å²) in [5, 5.41) is 12.8. The summed E-state index contributed by atoms with van der Waals surface area (Å²) < 4.78 is 28.4. The van der Waals surface area contributed by atoms with Crippen LogP contribution in [0.5, 0.6) is 0 Å². The summed E-state index contributed by atoms with van der Waals surface area (Å²) in [5.74, 6) is -0.638. The summed E-state index contributed by atoms with van der Waals surface area (Å²) in [7, 11) is -3.84. The van der Waals surface area contributed by atoms with E-state index < -0.39 is 16.0 Å². The molecular formula is C14H11N5O4S. The molecule has 10 heteroatoms. The van der Waals surface area contributed by atoms with Crippen molar-refractivity contribution in [2.75, 3.05) is 4.72 Å². The Hall–Kier alpha value is -3.27. The second-order valence-electron chi connectivity index (χ2n) is 4.68. The predicted molar refractivity (Wildman–Crippen MR) is 83.4 cm³/mol. The minimum absolute atomic E-state index is 0.00722. The third kappa shape index (κ3) is 3.22. The number of pyridine rings is 1. The maximum atomic E-state index is 12.3. The lowest BCUT2D eigenvalue weighted by molar-refractivity contribution is 0.0696. The van der Waals surface area contributed by atoms with Gasteiger partial charge in [0.2, 0.25) is 0 Å². The lowest BCUT2D eigenvalue weighted by Crippen LogP contribution is -2.13. The van der Waals surface area contributed by atoms with Gasteiger partial charge in [0.05, 0.1) is 22.3 Å². The summed E-state index contributed by atoms with van der Waals surface area (Å²) in [6.07, 6.45) is 4.18. The zero-order valence-corrected chi connectivity index (χ0v) is 12.9. The molecule has 24 heavy (non-hydrogen) atoms. The summed E-state index contributed by atoms with van der Waals surface area (Å²) >= 11 is 0. The van der Waals surface area contributed by atoms with Crippen LogP contribution in [-0.2, 0) is 10.0 Å². The van der Waals surface area contributed by atoms with E-state index in [1.165, 1.54) is 53.9 Å². The molecule has 0 amide bonds. The Labute approximate surface area is 136 Å². The van der Waals surface area contributed by atoms with Crippen LogP contribution in [-0.4, -0.2) is 39.2 Å². The number of carboxylic acids is 1. The molecule has 0 saturated carbocycles. The summed E-state index contributed by atoms with van der Waals surface area (Å²) in [6, 6.07) is 8.02. The van der Waals surface area contributed by atoms with Crippen molar-refractivity contribution < 1.29 is 18.3 Å². The molecule has 3 rings (SSSR count). The van der Waals surface area contributed by atoms with Gasteiger partial charge in [-0.2, -0.15) is 5.10 Å². The SMILES string of the molecule is O=C(O)c1ccc(S(=O)(=O)Nc2ccc(-n3cncn3)nc2)cc1. The quantitative estimate of drug-likeness (QED) is 0.710. The molecule has 0 fully saturated rings. The summed E-state index contributed by atoms with van der Waals surface area (Å²) in [6.45, 7) is 0. The topological polar surface area (TPSA) is 127 Å². The van der Waals surface area contributed by atoms with E-state index in [1.807, 2.05) is 0 Å². The maximum absolute atomic E-state index is 12.3. The number of benzene rings is 1. The molecule has 9 nitrogen and oxygen atoms in total. The van der Waals surface area contributed by atoms with E-state index in [2.05, 4.69) is 19.8 Å². The highest BCUT2D eigenvalue weighted by Gasteiger charge is 2.15. The molecule has 0 unspecified atom stereocenters. The molecule has 0 radical (unpaired) electrons. The number of nitrogens with one attached hydrogen (secondary N) is 1. The molecule has 0 spiro atoms. The zero-order valence-electron chi connectivity index (χ0n) is 12.1. The number of carbonyl (C=O) groups is 1. The maximum Gasteiger partial charge on any atom is 0.335 e. The number of anilines is 1. The van der Waals surface area contributed by atoms with Crippen LogP contribution < -0.4 is 4.72 Å². The molecule has 3 aromatic rings. The third-order valence-corrected chi connectivity index (χ3v) is 4.46. The Balaban J connectivity index is 1.80. The number of hydrogen-bond acceptors (Lipinski definition) is 6. The van der Waals surface area contributed by atoms with Crippen LogP contribution in [0.3, 0.4) is 0 Å². The molecule has 0 bridgehead atoms. The molecule has 122 valence electrons.